The summed E-state index contributed by atoms with van der Waals surface area (Å²) in [7, 11) is 0. The summed E-state index contributed by atoms with van der Waals surface area (Å²) in [6, 6.07) is 15.0. The second-order valence-electron chi connectivity index (χ2n) is 7.83. The van der Waals surface area contributed by atoms with Crippen molar-refractivity contribution in [2.75, 3.05) is 26.3 Å². The van der Waals surface area contributed by atoms with Gasteiger partial charge in [-0.2, -0.15) is 0 Å². The normalized spacial score (nSPS) is 16.2. The SMILES string of the molecule is CCOC(=O)C1(CCCOc2ccccc2)CCN(Cc2ccc(O)c(Cl)c2)CC1. The smallest absolute Gasteiger partial charge is 0.312 e. The van der Waals surface area contributed by atoms with Crippen molar-refractivity contribution in [3.8, 4) is 11.5 Å². The third-order valence-corrected chi connectivity index (χ3v) is 6.05. The lowest BCUT2D eigenvalue weighted by Gasteiger charge is -2.40. The molecule has 0 spiro atoms. The van der Waals surface area contributed by atoms with E-state index in [1.54, 1.807) is 12.1 Å². The molecule has 1 aliphatic rings. The Labute approximate surface area is 183 Å². The van der Waals surface area contributed by atoms with Gasteiger partial charge in [-0.3, -0.25) is 9.69 Å². The lowest BCUT2D eigenvalue weighted by molar-refractivity contribution is -0.159. The van der Waals surface area contributed by atoms with Crippen molar-refractivity contribution in [3.63, 3.8) is 0 Å². The molecule has 1 saturated heterocycles. The number of carbonyl (C=O) groups is 1. The van der Waals surface area contributed by atoms with Gasteiger partial charge in [0.2, 0.25) is 0 Å². The quantitative estimate of drug-likeness (QED) is 0.444. The van der Waals surface area contributed by atoms with Gasteiger partial charge in [0.15, 0.2) is 0 Å². The fourth-order valence-electron chi connectivity index (χ4n) is 4.00. The molecule has 2 aromatic rings. The minimum absolute atomic E-state index is 0.0861. The number of esters is 1. The van der Waals surface area contributed by atoms with Gasteiger partial charge < -0.3 is 14.6 Å². The van der Waals surface area contributed by atoms with Crippen molar-refractivity contribution >= 4 is 17.6 Å². The Hall–Kier alpha value is -2.24. The highest BCUT2D eigenvalue weighted by Crippen LogP contribution is 2.38. The van der Waals surface area contributed by atoms with Crippen LogP contribution < -0.4 is 4.74 Å². The van der Waals surface area contributed by atoms with E-state index in [9.17, 15) is 9.90 Å². The predicted molar refractivity (Wildman–Crippen MR) is 118 cm³/mol. The van der Waals surface area contributed by atoms with Crippen LogP contribution in [0.25, 0.3) is 0 Å². The summed E-state index contributed by atoms with van der Waals surface area (Å²) < 4.78 is 11.2. The first-order valence-corrected chi connectivity index (χ1v) is 10.9. The average molecular weight is 432 g/mol. The highest BCUT2D eigenvalue weighted by Gasteiger charge is 2.42. The summed E-state index contributed by atoms with van der Waals surface area (Å²) >= 11 is 6.03. The Morgan fingerprint density at radius 3 is 2.57 bits per heavy atom. The lowest BCUT2D eigenvalue weighted by atomic mass is 9.74. The molecule has 0 atom stereocenters. The van der Waals surface area contributed by atoms with E-state index in [2.05, 4.69) is 4.90 Å². The fourth-order valence-corrected chi connectivity index (χ4v) is 4.21. The number of likely N-dealkylation sites (tertiary alicyclic amines) is 1. The number of para-hydroxylation sites is 1. The summed E-state index contributed by atoms with van der Waals surface area (Å²) in [5.41, 5.74) is 0.608. The van der Waals surface area contributed by atoms with E-state index in [1.807, 2.05) is 43.3 Å². The van der Waals surface area contributed by atoms with Crippen LogP contribution in [-0.4, -0.2) is 42.3 Å². The number of ether oxygens (including phenoxy) is 2. The summed E-state index contributed by atoms with van der Waals surface area (Å²) in [5.74, 6) is 0.861. The maximum absolute atomic E-state index is 12.8. The first kappa shape index (κ1) is 22.4. The van der Waals surface area contributed by atoms with E-state index in [-0.39, 0.29) is 11.7 Å². The fraction of sp³-hybridized carbons (Fsp3) is 0.458. The molecule has 0 saturated carbocycles. The summed E-state index contributed by atoms with van der Waals surface area (Å²) in [4.78, 5) is 15.1. The van der Waals surface area contributed by atoms with Crippen molar-refractivity contribution in [2.24, 2.45) is 5.41 Å². The van der Waals surface area contributed by atoms with Gasteiger partial charge >= 0.3 is 5.97 Å². The molecule has 0 aromatic heterocycles. The molecular formula is C24H30ClNO4. The molecular weight excluding hydrogens is 402 g/mol. The number of phenolic OH excluding ortho intramolecular Hbond substituents is 1. The van der Waals surface area contributed by atoms with Crippen LogP contribution in [0.5, 0.6) is 11.5 Å². The molecule has 0 aliphatic carbocycles. The van der Waals surface area contributed by atoms with E-state index in [1.165, 1.54) is 0 Å². The van der Waals surface area contributed by atoms with Crippen LogP contribution in [0.4, 0.5) is 0 Å². The number of nitrogens with zero attached hydrogens (tertiary/aromatic N) is 1. The molecule has 0 amide bonds. The number of hydrogen-bond acceptors (Lipinski definition) is 5. The monoisotopic (exact) mass is 431 g/mol. The third-order valence-electron chi connectivity index (χ3n) is 5.75. The van der Waals surface area contributed by atoms with E-state index in [4.69, 9.17) is 21.1 Å². The van der Waals surface area contributed by atoms with Gasteiger partial charge in [0.05, 0.1) is 23.7 Å². The number of carbonyl (C=O) groups excluding carboxylic acids is 1. The molecule has 6 heteroatoms. The van der Waals surface area contributed by atoms with Gasteiger partial charge in [-0.05, 0) is 75.5 Å². The van der Waals surface area contributed by atoms with Crippen molar-refractivity contribution in [3.05, 3.63) is 59.1 Å². The highest BCUT2D eigenvalue weighted by molar-refractivity contribution is 6.32. The van der Waals surface area contributed by atoms with Crippen LogP contribution in [0.15, 0.2) is 48.5 Å². The summed E-state index contributed by atoms with van der Waals surface area (Å²) in [6.07, 6.45) is 3.10. The number of halogens is 1. The first-order chi connectivity index (χ1) is 14.5. The lowest BCUT2D eigenvalue weighted by Crippen LogP contribution is -2.45. The van der Waals surface area contributed by atoms with Crippen LogP contribution in [0.2, 0.25) is 5.02 Å². The number of benzene rings is 2. The standard InChI is InChI=1S/C24H30ClNO4/c1-2-29-23(28)24(11-6-16-30-20-7-4-3-5-8-20)12-14-26(15-13-24)18-19-9-10-22(27)21(25)17-19/h3-5,7-10,17,27H,2,6,11-16,18H2,1H3. The largest absolute Gasteiger partial charge is 0.506 e. The predicted octanol–water partition coefficient (Wildman–Crippen LogP) is 5.05. The highest BCUT2D eigenvalue weighted by atomic mass is 35.5. The van der Waals surface area contributed by atoms with Crippen LogP contribution in [0, 0.1) is 5.41 Å². The molecule has 1 heterocycles. The second kappa shape index (κ2) is 10.7. The van der Waals surface area contributed by atoms with Gasteiger partial charge in [0, 0.05) is 6.54 Å². The maximum Gasteiger partial charge on any atom is 0.312 e. The molecule has 162 valence electrons. The molecule has 1 fully saturated rings. The zero-order chi connectivity index (χ0) is 21.4. The van der Waals surface area contributed by atoms with Crippen molar-refractivity contribution in [1.29, 1.82) is 0 Å². The van der Waals surface area contributed by atoms with E-state index < -0.39 is 5.41 Å². The zero-order valence-corrected chi connectivity index (χ0v) is 18.2. The molecule has 1 aliphatic heterocycles. The molecule has 30 heavy (non-hydrogen) atoms. The van der Waals surface area contributed by atoms with Crippen LogP contribution >= 0.6 is 11.6 Å². The van der Waals surface area contributed by atoms with E-state index >= 15 is 0 Å². The van der Waals surface area contributed by atoms with Crippen molar-refractivity contribution in [2.45, 2.75) is 39.2 Å². The summed E-state index contributed by atoms with van der Waals surface area (Å²) in [6.45, 7) is 5.22. The van der Waals surface area contributed by atoms with Gasteiger partial charge in [0.25, 0.3) is 0 Å². The molecule has 5 nitrogen and oxygen atoms in total. The number of phenols is 1. The Kier molecular flexibility index (Phi) is 8.00. The zero-order valence-electron chi connectivity index (χ0n) is 17.5. The topological polar surface area (TPSA) is 59.0 Å². The van der Waals surface area contributed by atoms with Crippen LogP contribution in [0.1, 0.15) is 38.2 Å². The minimum atomic E-state index is -0.445. The molecule has 0 bridgehead atoms. The van der Waals surface area contributed by atoms with Crippen molar-refractivity contribution < 1.29 is 19.4 Å². The number of aromatic hydroxyl groups is 1. The Morgan fingerprint density at radius 2 is 1.90 bits per heavy atom. The van der Waals surface area contributed by atoms with Gasteiger partial charge in [-0.1, -0.05) is 35.9 Å². The minimum Gasteiger partial charge on any atom is -0.506 e. The van der Waals surface area contributed by atoms with Crippen LogP contribution in [0.3, 0.4) is 0 Å². The molecule has 2 aromatic carbocycles. The van der Waals surface area contributed by atoms with Crippen molar-refractivity contribution in [1.82, 2.24) is 4.90 Å². The van der Waals surface area contributed by atoms with Gasteiger partial charge in [-0.15, -0.1) is 0 Å². The summed E-state index contributed by atoms with van der Waals surface area (Å²) in [5, 5.41) is 9.96. The number of piperidine rings is 1. The second-order valence-corrected chi connectivity index (χ2v) is 8.23. The van der Waals surface area contributed by atoms with E-state index in [0.717, 1.165) is 56.6 Å². The maximum atomic E-state index is 12.8. The molecule has 0 radical (unpaired) electrons. The Balaban J connectivity index is 1.55. The van der Waals surface area contributed by atoms with Gasteiger partial charge in [0.1, 0.15) is 11.5 Å². The molecule has 1 N–H and O–H groups in total. The molecule has 3 rings (SSSR count). The van der Waals surface area contributed by atoms with Gasteiger partial charge in [-0.25, -0.2) is 0 Å². The molecule has 0 unspecified atom stereocenters. The number of rotatable bonds is 9. The third kappa shape index (κ3) is 5.89. The van der Waals surface area contributed by atoms with Crippen LogP contribution in [-0.2, 0) is 16.1 Å². The Morgan fingerprint density at radius 1 is 1.17 bits per heavy atom. The average Bonchev–Trinajstić information content (AvgIpc) is 2.76. The number of hydrogen-bond donors (Lipinski definition) is 1. The Bertz CT molecular complexity index is 819. The van der Waals surface area contributed by atoms with E-state index in [0.29, 0.717) is 18.2 Å². The first-order valence-electron chi connectivity index (χ1n) is 10.6.